The first-order valence-corrected chi connectivity index (χ1v) is 7.09. The third kappa shape index (κ3) is 5.30. The van der Waals surface area contributed by atoms with Crippen molar-refractivity contribution >= 4 is 29.2 Å². The molecule has 2 rings (SSSR count). The summed E-state index contributed by atoms with van der Waals surface area (Å²) in [6, 6.07) is 6.64. The number of ether oxygens (including phenoxy) is 2. The van der Waals surface area contributed by atoms with Crippen LogP contribution in [-0.2, 0) is 14.3 Å². The smallest absolute Gasteiger partial charge is 0.344 e. The minimum atomic E-state index is -0.691. The molecule has 23 heavy (non-hydrogen) atoms. The van der Waals surface area contributed by atoms with Gasteiger partial charge in [0, 0.05) is 16.8 Å². The molecule has 0 aliphatic rings. The van der Waals surface area contributed by atoms with Gasteiger partial charge in [-0.05, 0) is 36.7 Å². The highest BCUT2D eigenvalue weighted by Gasteiger charge is 2.11. The number of benzene rings is 1. The van der Waals surface area contributed by atoms with E-state index in [-0.39, 0.29) is 12.5 Å². The second-order valence-electron chi connectivity index (χ2n) is 4.73. The van der Waals surface area contributed by atoms with Gasteiger partial charge >= 0.3 is 5.97 Å². The Morgan fingerprint density at radius 2 is 2.04 bits per heavy atom. The number of rotatable bonds is 6. The molecule has 1 N–H and O–H groups in total. The van der Waals surface area contributed by atoms with Gasteiger partial charge in [0.25, 0.3) is 11.8 Å². The van der Waals surface area contributed by atoms with Gasteiger partial charge in [-0.1, -0.05) is 17.7 Å². The molecule has 0 saturated carbocycles. The lowest BCUT2D eigenvalue weighted by molar-refractivity contribution is -0.149. The Bertz CT molecular complexity index is 714. The predicted octanol–water partition coefficient (Wildman–Crippen LogP) is 2.51. The molecule has 8 heteroatoms. The fourth-order valence-corrected chi connectivity index (χ4v) is 1.82. The Morgan fingerprint density at radius 1 is 1.26 bits per heavy atom. The maximum absolute atomic E-state index is 11.8. The van der Waals surface area contributed by atoms with E-state index in [1.54, 1.807) is 25.1 Å². The molecule has 2 aromatic rings. The zero-order chi connectivity index (χ0) is 16.8. The minimum Gasteiger partial charge on any atom is -0.463 e. The Kier molecular flexibility index (Phi) is 5.59. The number of nitrogens with zero attached hydrogens (tertiary/aromatic N) is 1. The van der Waals surface area contributed by atoms with Crippen molar-refractivity contribution in [2.24, 2.45) is 0 Å². The number of carbonyl (C=O) groups excluding carboxylic acids is 2. The average molecular weight is 339 g/mol. The van der Waals surface area contributed by atoms with Crippen LogP contribution in [0, 0.1) is 13.8 Å². The van der Waals surface area contributed by atoms with Crippen LogP contribution in [0.2, 0.25) is 5.02 Å². The van der Waals surface area contributed by atoms with Crippen molar-refractivity contribution in [2.75, 3.05) is 18.5 Å². The first-order valence-electron chi connectivity index (χ1n) is 6.72. The average Bonchev–Trinajstić information content (AvgIpc) is 2.92. The highest BCUT2D eigenvalue weighted by atomic mass is 35.5. The number of hydrogen-bond donors (Lipinski definition) is 1. The van der Waals surface area contributed by atoms with E-state index in [4.69, 9.17) is 25.6 Å². The van der Waals surface area contributed by atoms with Crippen LogP contribution in [0.15, 0.2) is 28.8 Å². The van der Waals surface area contributed by atoms with Gasteiger partial charge in [-0.25, -0.2) is 4.79 Å². The molecule has 0 aliphatic carbocycles. The summed E-state index contributed by atoms with van der Waals surface area (Å²) < 4.78 is 14.6. The van der Waals surface area contributed by atoms with Crippen molar-refractivity contribution in [3.05, 3.63) is 40.6 Å². The standard InChI is InChI=1S/C15H15ClN2O5/c1-9-3-4-11(16)6-12(9)17-13(19)7-22-15(20)8-21-14-5-10(2)23-18-14/h3-6H,7-8H2,1-2H3,(H,17,19). The van der Waals surface area contributed by atoms with Gasteiger partial charge in [-0.2, -0.15) is 0 Å². The lowest BCUT2D eigenvalue weighted by Gasteiger charge is -2.09. The van der Waals surface area contributed by atoms with Gasteiger partial charge in [0.1, 0.15) is 5.76 Å². The lowest BCUT2D eigenvalue weighted by Crippen LogP contribution is -2.24. The number of esters is 1. The highest BCUT2D eigenvalue weighted by molar-refractivity contribution is 6.31. The van der Waals surface area contributed by atoms with E-state index < -0.39 is 18.5 Å². The van der Waals surface area contributed by atoms with Crippen LogP contribution in [0.25, 0.3) is 0 Å². The predicted molar refractivity (Wildman–Crippen MR) is 82.5 cm³/mol. The van der Waals surface area contributed by atoms with E-state index in [2.05, 4.69) is 10.5 Å². The zero-order valence-corrected chi connectivity index (χ0v) is 13.3. The molecule has 0 fully saturated rings. The van der Waals surface area contributed by atoms with Gasteiger partial charge < -0.3 is 19.3 Å². The second kappa shape index (κ2) is 7.64. The van der Waals surface area contributed by atoms with Crippen LogP contribution < -0.4 is 10.1 Å². The third-order valence-corrected chi connectivity index (χ3v) is 3.02. The largest absolute Gasteiger partial charge is 0.463 e. The van der Waals surface area contributed by atoms with E-state index in [0.717, 1.165) is 5.56 Å². The monoisotopic (exact) mass is 338 g/mol. The normalized spacial score (nSPS) is 10.2. The maximum atomic E-state index is 11.8. The van der Waals surface area contributed by atoms with E-state index in [1.165, 1.54) is 6.07 Å². The van der Waals surface area contributed by atoms with Crippen LogP contribution in [0.1, 0.15) is 11.3 Å². The molecule has 122 valence electrons. The second-order valence-corrected chi connectivity index (χ2v) is 5.17. The number of amides is 1. The number of aryl methyl sites for hydroxylation is 2. The Morgan fingerprint density at radius 3 is 2.74 bits per heavy atom. The van der Waals surface area contributed by atoms with Gasteiger partial charge in [0.2, 0.25) is 0 Å². The van der Waals surface area contributed by atoms with Crippen LogP contribution in [-0.4, -0.2) is 30.2 Å². The number of halogens is 1. The van der Waals surface area contributed by atoms with Crippen molar-refractivity contribution in [3.63, 3.8) is 0 Å². The molecular weight excluding hydrogens is 324 g/mol. The van der Waals surface area contributed by atoms with Crippen LogP contribution in [0.5, 0.6) is 5.88 Å². The molecular formula is C15H15ClN2O5. The van der Waals surface area contributed by atoms with Crippen molar-refractivity contribution in [1.29, 1.82) is 0 Å². The van der Waals surface area contributed by atoms with Gasteiger partial charge in [0.05, 0.1) is 0 Å². The number of carbonyl (C=O) groups is 2. The minimum absolute atomic E-state index is 0.179. The summed E-state index contributed by atoms with van der Waals surface area (Å²) in [7, 11) is 0. The molecule has 7 nitrogen and oxygen atoms in total. The molecule has 0 bridgehead atoms. The summed E-state index contributed by atoms with van der Waals surface area (Å²) >= 11 is 5.86. The fraction of sp³-hybridized carbons (Fsp3) is 0.267. The van der Waals surface area contributed by atoms with Crippen molar-refractivity contribution in [3.8, 4) is 5.88 Å². The summed E-state index contributed by atoms with van der Waals surface area (Å²) in [5, 5.41) is 6.67. The summed E-state index contributed by atoms with van der Waals surface area (Å²) in [6.07, 6.45) is 0. The summed E-state index contributed by atoms with van der Waals surface area (Å²) in [6.45, 7) is 2.73. The Labute approximate surface area is 137 Å². The molecule has 0 atom stereocenters. The van der Waals surface area contributed by atoms with Crippen molar-refractivity contribution < 1.29 is 23.6 Å². The van der Waals surface area contributed by atoms with E-state index in [9.17, 15) is 9.59 Å². The lowest BCUT2D eigenvalue weighted by atomic mass is 10.2. The van der Waals surface area contributed by atoms with E-state index in [1.807, 2.05) is 6.92 Å². The molecule has 0 saturated heterocycles. The highest BCUT2D eigenvalue weighted by Crippen LogP contribution is 2.20. The molecule has 0 radical (unpaired) electrons. The zero-order valence-electron chi connectivity index (χ0n) is 12.6. The number of hydrogen-bond acceptors (Lipinski definition) is 6. The fourth-order valence-electron chi connectivity index (χ4n) is 1.65. The molecule has 1 heterocycles. The SMILES string of the molecule is Cc1cc(OCC(=O)OCC(=O)Nc2cc(Cl)ccc2C)no1. The van der Waals surface area contributed by atoms with Gasteiger partial charge in [0.15, 0.2) is 13.2 Å². The summed E-state index contributed by atoms with van der Waals surface area (Å²) in [5.74, 6) is -0.423. The topological polar surface area (TPSA) is 90.7 Å². The Hall–Kier alpha value is -2.54. The van der Waals surface area contributed by atoms with Gasteiger partial charge in [-0.3, -0.25) is 4.79 Å². The van der Waals surface area contributed by atoms with Crippen molar-refractivity contribution in [1.82, 2.24) is 5.16 Å². The maximum Gasteiger partial charge on any atom is 0.344 e. The molecule has 1 aromatic carbocycles. The quantitative estimate of drug-likeness (QED) is 0.814. The third-order valence-electron chi connectivity index (χ3n) is 2.78. The van der Waals surface area contributed by atoms with Crippen LogP contribution in [0.3, 0.4) is 0 Å². The molecule has 1 amide bonds. The summed E-state index contributed by atoms with van der Waals surface area (Å²) in [5.41, 5.74) is 1.41. The molecule has 0 unspecified atom stereocenters. The van der Waals surface area contributed by atoms with E-state index >= 15 is 0 Å². The summed E-state index contributed by atoms with van der Waals surface area (Å²) in [4.78, 5) is 23.3. The first-order chi connectivity index (χ1) is 10.9. The molecule has 1 aromatic heterocycles. The number of aromatic nitrogens is 1. The molecule has 0 spiro atoms. The van der Waals surface area contributed by atoms with Crippen LogP contribution in [0.4, 0.5) is 5.69 Å². The van der Waals surface area contributed by atoms with Crippen LogP contribution >= 0.6 is 11.6 Å². The first kappa shape index (κ1) is 16.8. The van der Waals surface area contributed by atoms with E-state index in [0.29, 0.717) is 16.5 Å². The van der Waals surface area contributed by atoms with Crippen molar-refractivity contribution in [2.45, 2.75) is 13.8 Å². The van der Waals surface area contributed by atoms with Gasteiger partial charge in [-0.15, -0.1) is 0 Å². The number of nitrogens with one attached hydrogen (secondary N) is 1. The Balaban J connectivity index is 1.75. The molecule has 0 aliphatic heterocycles. The number of anilines is 1.